The van der Waals surface area contributed by atoms with Crippen LogP contribution in [0.4, 0.5) is 5.82 Å². The van der Waals surface area contributed by atoms with Crippen LogP contribution in [0.2, 0.25) is 0 Å². The number of hydrogen-bond acceptors (Lipinski definition) is 2. The Kier molecular flexibility index (Phi) is 3.30. The molecule has 1 aromatic heterocycles. The molecule has 1 aromatic carbocycles. The number of alkyl halides is 1. The summed E-state index contributed by atoms with van der Waals surface area (Å²) in [6.07, 6.45) is 0. The molecule has 84 valence electrons. The van der Waals surface area contributed by atoms with Crippen molar-refractivity contribution >= 4 is 28.3 Å². The second-order valence-electron chi connectivity index (χ2n) is 3.80. The number of anilines is 1. The molecule has 0 aliphatic rings. The van der Waals surface area contributed by atoms with Crippen LogP contribution in [0.15, 0.2) is 30.3 Å². The molecule has 0 saturated heterocycles. The summed E-state index contributed by atoms with van der Waals surface area (Å²) < 4.78 is 0. The van der Waals surface area contributed by atoms with Crippen molar-refractivity contribution in [3.05, 3.63) is 35.9 Å². The van der Waals surface area contributed by atoms with E-state index in [1.54, 1.807) is 0 Å². The molecule has 0 saturated carbocycles. The molecular weight excluding hydrogens is 220 g/mol. The molecule has 2 rings (SSSR count). The van der Waals surface area contributed by atoms with Crippen LogP contribution < -0.4 is 4.90 Å². The largest absolute Gasteiger partial charge is 0.360 e. The highest BCUT2D eigenvalue weighted by molar-refractivity contribution is 6.18. The van der Waals surface area contributed by atoms with Crippen molar-refractivity contribution in [1.82, 2.24) is 4.98 Å². The molecule has 3 heteroatoms. The van der Waals surface area contributed by atoms with Gasteiger partial charge in [0.05, 0.1) is 5.52 Å². The zero-order chi connectivity index (χ0) is 11.5. The summed E-state index contributed by atoms with van der Waals surface area (Å²) in [6, 6.07) is 10.2. The molecule has 0 bridgehead atoms. The Morgan fingerprint density at radius 1 is 1.31 bits per heavy atom. The summed E-state index contributed by atoms with van der Waals surface area (Å²) in [5.41, 5.74) is 2.15. The van der Waals surface area contributed by atoms with E-state index in [9.17, 15) is 0 Å². The zero-order valence-corrected chi connectivity index (χ0v) is 10.3. The molecule has 0 spiro atoms. The molecule has 0 atom stereocenters. The standard InChI is InChI=1S/C13H15ClN2/c1-3-16(2)13-8-10(9-14)11-6-4-5-7-12(11)15-13/h4-8H,3,9H2,1-2H3. The SMILES string of the molecule is CCN(C)c1cc(CCl)c2ccccc2n1. The van der Waals surface area contributed by atoms with E-state index in [2.05, 4.69) is 28.9 Å². The highest BCUT2D eigenvalue weighted by atomic mass is 35.5. The van der Waals surface area contributed by atoms with Crippen LogP contribution in [-0.4, -0.2) is 18.6 Å². The average Bonchev–Trinajstić information content (AvgIpc) is 2.36. The van der Waals surface area contributed by atoms with Gasteiger partial charge in [-0.15, -0.1) is 11.6 Å². The third-order valence-corrected chi connectivity index (χ3v) is 3.09. The van der Waals surface area contributed by atoms with E-state index in [0.717, 1.165) is 28.8 Å². The summed E-state index contributed by atoms with van der Waals surface area (Å²) in [5, 5.41) is 1.14. The summed E-state index contributed by atoms with van der Waals surface area (Å²) in [4.78, 5) is 6.74. The maximum atomic E-state index is 5.98. The Morgan fingerprint density at radius 2 is 2.06 bits per heavy atom. The van der Waals surface area contributed by atoms with Crippen molar-refractivity contribution in [2.24, 2.45) is 0 Å². The predicted molar refractivity (Wildman–Crippen MR) is 70.2 cm³/mol. The predicted octanol–water partition coefficient (Wildman–Crippen LogP) is 3.43. The lowest BCUT2D eigenvalue weighted by Crippen LogP contribution is -2.17. The van der Waals surface area contributed by atoms with Crippen molar-refractivity contribution in [1.29, 1.82) is 0 Å². The van der Waals surface area contributed by atoms with E-state index in [-0.39, 0.29) is 0 Å². The van der Waals surface area contributed by atoms with Crippen LogP contribution in [-0.2, 0) is 5.88 Å². The van der Waals surface area contributed by atoms with E-state index >= 15 is 0 Å². The molecule has 1 heterocycles. The van der Waals surface area contributed by atoms with Crippen molar-refractivity contribution in [3.8, 4) is 0 Å². The van der Waals surface area contributed by atoms with Crippen LogP contribution in [0, 0.1) is 0 Å². The smallest absolute Gasteiger partial charge is 0.129 e. The number of aromatic nitrogens is 1. The van der Waals surface area contributed by atoms with Gasteiger partial charge in [-0.05, 0) is 24.6 Å². The molecule has 2 aromatic rings. The molecule has 0 radical (unpaired) electrons. The third-order valence-electron chi connectivity index (χ3n) is 2.80. The summed E-state index contributed by atoms with van der Waals surface area (Å²) in [7, 11) is 2.04. The van der Waals surface area contributed by atoms with Crippen LogP contribution in [0.3, 0.4) is 0 Å². The number of fused-ring (bicyclic) bond motifs is 1. The number of para-hydroxylation sites is 1. The van der Waals surface area contributed by atoms with Crippen molar-refractivity contribution < 1.29 is 0 Å². The highest BCUT2D eigenvalue weighted by Crippen LogP contribution is 2.23. The topological polar surface area (TPSA) is 16.1 Å². The minimum Gasteiger partial charge on any atom is -0.360 e. The van der Waals surface area contributed by atoms with Crippen molar-refractivity contribution in [2.45, 2.75) is 12.8 Å². The molecule has 2 nitrogen and oxygen atoms in total. The normalized spacial score (nSPS) is 10.7. The van der Waals surface area contributed by atoms with E-state index < -0.39 is 0 Å². The second-order valence-corrected chi connectivity index (χ2v) is 4.07. The second kappa shape index (κ2) is 4.71. The van der Waals surface area contributed by atoms with Gasteiger partial charge in [0, 0.05) is 24.9 Å². The Morgan fingerprint density at radius 3 is 2.75 bits per heavy atom. The first-order chi connectivity index (χ1) is 7.76. The molecule has 0 fully saturated rings. The van der Waals surface area contributed by atoms with Gasteiger partial charge in [0.15, 0.2) is 0 Å². The number of benzene rings is 1. The third kappa shape index (κ3) is 1.98. The van der Waals surface area contributed by atoms with E-state index in [1.165, 1.54) is 0 Å². The van der Waals surface area contributed by atoms with Gasteiger partial charge >= 0.3 is 0 Å². The summed E-state index contributed by atoms with van der Waals surface area (Å²) in [5.74, 6) is 1.50. The lowest BCUT2D eigenvalue weighted by molar-refractivity contribution is 0.942. The average molecular weight is 235 g/mol. The lowest BCUT2D eigenvalue weighted by atomic mass is 10.1. The number of nitrogens with zero attached hydrogens (tertiary/aromatic N) is 2. The van der Waals surface area contributed by atoms with Crippen LogP contribution in [0.25, 0.3) is 10.9 Å². The van der Waals surface area contributed by atoms with E-state index in [0.29, 0.717) is 5.88 Å². The van der Waals surface area contributed by atoms with Crippen LogP contribution in [0.5, 0.6) is 0 Å². The maximum absolute atomic E-state index is 5.98. The quantitative estimate of drug-likeness (QED) is 0.757. The molecule has 0 unspecified atom stereocenters. The number of hydrogen-bond donors (Lipinski definition) is 0. The summed E-state index contributed by atoms with van der Waals surface area (Å²) >= 11 is 5.98. The first-order valence-corrected chi connectivity index (χ1v) is 5.95. The molecule has 0 N–H and O–H groups in total. The minimum atomic E-state index is 0.521. The van der Waals surface area contributed by atoms with Gasteiger partial charge in [-0.1, -0.05) is 18.2 Å². The Bertz CT molecular complexity index is 496. The Hall–Kier alpha value is -1.28. The number of rotatable bonds is 3. The monoisotopic (exact) mass is 234 g/mol. The fourth-order valence-electron chi connectivity index (χ4n) is 1.70. The fourth-order valence-corrected chi connectivity index (χ4v) is 1.92. The minimum absolute atomic E-state index is 0.521. The van der Waals surface area contributed by atoms with Gasteiger partial charge in [-0.3, -0.25) is 0 Å². The van der Waals surface area contributed by atoms with Gasteiger partial charge in [0.1, 0.15) is 5.82 Å². The lowest BCUT2D eigenvalue weighted by Gasteiger charge is -2.17. The maximum Gasteiger partial charge on any atom is 0.129 e. The first-order valence-electron chi connectivity index (χ1n) is 5.42. The summed E-state index contributed by atoms with van der Waals surface area (Å²) in [6.45, 7) is 3.05. The molecule has 16 heavy (non-hydrogen) atoms. The molecule has 0 aliphatic heterocycles. The van der Waals surface area contributed by atoms with Crippen LogP contribution in [0.1, 0.15) is 12.5 Å². The first kappa shape index (κ1) is 11.2. The molecule has 0 amide bonds. The van der Waals surface area contributed by atoms with E-state index in [4.69, 9.17) is 11.6 Å². The molecule has 0 aliphatic carbocycles. The van der Waals surface area contributed by atoms with Crippen molar-refractivity contribution in [3.63, 3.8) is 0 Å². The Balaban J connectivity index is 2.63. The van der Waals surface area contributed by atoms with Crippen molar-refractivity contribution in [2.75, 3.05) is 18.5 Å². The van der Waals surface area contributed by atoms with Gasteiger partial charge < -0.3 is 4.90 Å². The number of pyridine rings is 1. The Labute approximate surface area is 101 Å². The highest BCUT2D eigenvalue weighted by Gasteiger charge is 2.06. The fraction of sp³-hybridized carbons (Fsp3) is 0.308. The van der Waals surface area contributed by atoms with Gasteiger partial charge in [-0.2, -0.15) is 0 Å². The van der Waals surface area contributed by atoms with Crippen LogP contribution >= 0.6 is 11.6 Å². The zero-order valence-electron chi connectivity index (χ0n) is 9.57. The van der Waals surface area contributed by atoms with Gasteiger partial charge in [-0.25, -0.2) is 4.98 Å². The van der Waals surface area contributed by atoms with Gasteiger partial charge in [0.2, 0.25) is 0 Å². The van der Waals surface area contributed by atoms with Gasteiger partial charge in [0.25, 0.3) is 0 Å². The number of halogens is 1. The molecular formula is C13H15ClN2. The van der Waals surface area contributed by atoms with E-state index in [1.807, 2.05) is 25.2 Å².